The molecule has 0 saturated heterocycles. The van der Waals surface area contributed by atoms with Crippen LogP contribution in [0.4, 0.5) is 0 Å². The summed E-state index contributed by atoms with van der Waals surface area (Å²) in [4.78, 5) is 13.6. The van der Waals surface area contributed by atoms with Gasteiger partial charge in [-0.05, 0) is 43.7 Å². The molecule has 0 saturated carbocycles. The van der Waals surface area contributed by atoms with Crippen LogP contribution in [0.15, 0.2) is 57.9 Å². The van der Waals surface area contributed by atoms with Gasteiger partial charge >= 0.3 is 0 Å². The highest BCUT2D eigenvalue weighted by Gasteiger charge is 2.14. The zero-order chi connectivity index (χ0) is 19.2. The van der Waals surface area contributed by atoms with E-state index in [1.165, 1.54) is 0 Å². The summed E-state index contributed by atoms with van der Waals surface area (Å²) >= 11 is 1.61. The molecule has 1 amide bonds. The highest BCUT2D eigenvalue weighted by atomic mass is 32.2. The van der Waals surface area contributed by atoms with Crippen molar-refractivity contribution in [1.29, 1.82) is 0 Å². The molecule has 0 radical (unpaired) electrons. The van der Waals surface area contributed by atoms with Gasteiger partial charge in [0.25, 0.3) is 5.91 Å². The van der Waals surface area contributed by atoms with Gasteiger partial charge in [-0.3, -0.25) is 4.79 Å². The Kier molecular flexibility index (Phi) is 6.19. The number of nitrogens with one attached hydrogen (secondary N) is 1. The first-order valence-electron chi connectivity index (χ1n) is 8.63. The molecule has 0 aliphatic carbocycles. The van der Waals surface area contributed by atoms with E-state index >= 15 is 0 Å². The maximum Gasteiger partial charge on any atom is 0.252 e. The first kappa shape index (κ1) is 19.0. The Morgan fingerprint density at radius 1 is 1.19 bits per heavy atom. The SMILES string of the molecule is COc1cccc(CNC(=O)c2ccccc2SCc2c(C)noc2C)c1. The lowest BCUT2D eigenvalue weighted by molar-refractivity contribution is 0.0948. The molecule has 0 aliphatic rings. The molecule has 140 valence electrons. The maximum atomic E-state index is 12.7. The average molecular weight is 382 g/mol. The average Bonchev–Trinajstić information content (AvgIpc) is 3.02. The molecular weight excluding hydrogens is 360 g/mol. The molecule has 3 aromatic rings. The van der Waals surface area contributed by atoms with E-state index in [0.29, 0.717) is 17.9 Å². The van der Waals surface area contributed by atoms with Crippen LogP contribution in [-0.4, -0.2) is 18.2 Å². The number of thioether (sulfide) groups is 1. The van der Waals surface area contributed by atoms with Gasteiger partial charge in [0.2, 0.25) is 0 Å². The Morgan fingerprint density at radius 3 is 2.74 bits per heavy atom. The van der Waals surface area contributed by atoms with Gasteiger partial charge in [0, 0.05) is 22.8 Å². The van der Waals surface area contributed by atoms with E-state index in [9.17, 15) is 4.79 Å². The third kappa shape index (κ3) is 4.71. The van der Waals surface area contributed by atoms with Gasteiger partial charge in [-0.2, -0.15) is 0 Å². The van der Waals surface area contributed by atoms with E-state index in [2.05, 4.69) is 10.5 Å². The van der Waals surface area contributed by atoms with Crippen molar-refractivity contribution in [2.75, 3.05) is 7.11 Å². The number of carbonyl (C=O) groups excluding carboxylic acids is 1. The van der Waals surface area contributed by atoms with Crippen LogP contribution in [0.1, 0.15) is 32.9 Å². The molecule has 0 atom stereocenters. The fraction of sp³-hybridized carbons (Fsp3) is 0.238. The molecule has 0 spiro atoms. The number of benzene rings is 2. The number of hydrogen-bond acceptors (Lipinski definition) is 5. The molecule has 1 N–H and O–H groups in total. The largest absolute Gasteiger partial charge is 0.497 e. The van der Waals surface area contributed by atoms with Crippen LogP contribution >= 0.6 is 11.8 Å². The molecule has 0 aliphatic heterocycles. The van der Waals surface area contributed by atoms with E-state index < -0.39 is 0 Å². The van der Waals surface area contributed by atoms with Crippen LogP contribution in [0, 0.1) is 13.8 Å². The molecule has 27 heavy (non-hydrogen) atoms. The fourth-order valence-corrected chi connectivity index (χ4v) is 3.90. The van der Waals surface area contributed by atoms with Crippen LogP contribution in [0.3, 0.4) is 0 Å². The van der Waals surface area contributed by atoms with Crippen molar-refractivity contribution in [2.45, 2.75) is 31.0 Å². The lowest BCUT2D eigenvalue weighted by Crippen LogP contribution is -2.23. The normalized spacial score (nSPS) is 10.6. The van der Waals surface area contributed by atoms with Crippen LogP contribution in [0.2, 0.25) is 0 Å². The van der Waals surface area contributed by atoms with Crippen LogP contribution < -0.4 is 10.1 Å². The van der Waals surface area contributed by atoms with Gasteiger partial charge < -0.3 is 14.6 Å². The first-order chi connectivity index (χ1) is 13.1. The summed E-state index contributed by atoms with van der Waals surface area (Å²) in [6.07, 6.45) is 0. The Labute approximate surface area is 163 Å². The predicted octanol–water partition coefficient (Wildman–Crippen LogP) is 4.52. The Balaban J connectivity index is 1.68. The summed E-state index contributed by atoms with van der Waals surface area (Å²) in [5, 5.41) is 6.97. The van der Waals surface area contributed by atoms with Crippen LogP contribution in [0.25, 0.3) is 0 Å². The molecule has 0 unspecified atom stereocenters. The zero-order valence-electron chi connectivity index (χ0n) is 15.6. The third-order valence-electron chi connectivity index (χ3n) is 4.27. The summed E-state index contributed by atoms with van der Waals surface area (Å²) in [5.41, 5.74) is 3.62. The number of aryl methyl sites for hydroxylation is 2. The molecule has 1 aromatic heterocycles. The summed E-state index contributed by atoms with van der Waals surface area (Å²) < 4.78 is 10.4. The minimum atomic E-state index is -0.0975. The fourth-order valence-electron chi connectivity index (χ4n) is 2.70. The smallest absolute Gasteiger partial charge is 0.252 e. The van der Waals surface area contributed by atoms with E-state index in [4.69, 9.17) is 9.26 Å². The number of rotatable bonds is 7. The summed E-state index contributed by atoms with van der Waals surface area (Å²) in [5.74, 6) is 2.21. The summed E-state index contributed by atoms with van der Waals surface area (Å²) in [6, 6.07) is 15.3. The van der Waals surface area contributed by atoms with Crippen molar-refractivity contribution in [1.82, 2.24) is 10.5 Å². The van der Waals surface area contributed by atoms with Crippen molar-refractivity contribution < 1.29 is 14.1 Å². The Hall–Kier alpha value is -2.73. The second-order valence-corrected chi connectivity index (χ2v) is 7.14. The van der Waals surface area contributed by atoms with Crippen molar-refractivity contribution in [3.8, 4) is 5.75 Å². The molecule has 2 aromatic carbocycles. The lowest BCUT2D eigenvalue weighted by atomic mass is 10.2. The van der Waals surface area contributed by atoms with Crippen LogP contribution in [-0.2, 0) is 12.3 Å². The first-order valence-corrected chi connectivity index (χ1v) is 9.61. The highest BCUT2D eigenvalue weighted by Crippen LogP contribution is 2.28. The number of carbonyl (C=O) groups is 1. The summed E-state index contributed by atoms with van der Waals surface area (Å²) in [7, 11) is 1.63. The van der Waals surface area contributed by atoms with Crippen molar-refractivity contribution in [3.63, 3.8) is 0 Å². The van der Waals surface area contributed by atoms with Crippen molar-refractivity contribution in [2.24, 2.45) is 0 Å². The second-order valence-electron chi connectivity index (χ2n) is 6.12. The molecule has 3 rings (SSSR count). The summed E-state index contributed by atoms with van der Waals surface area (Å²) in [6.45, 7) is 4.28. The molecule has 6 heteroatoms. The van der Waals surface area contributed by atoms with Gasteiger partial charge in [-0.1, -0.05) is 29.4 Å². The minimum Gasteiger partial charge on any atom is -0.497 e. The van der Waals surface area contributed by atoms with Crippen molar-refractivity contribution >= 4 is 17.7 Å². The Morgan fingerprint density at radius 2 is 2.00 bits per heavy atom. The zero-order valence-corrected chi connectivity index (χ0v) is 16.4. The third-order valence-corrected chi connectivity index (χ3v) is 5.37. The minimum absolute atomic E-state index is 0.0975. The molecular formula is C21H22N2O3S. The van der Waals surface area contributed by atoms with Gasteiger partial charge in [0.15, 0.2) is 0 Å². The molecule has 0 fully saturated rings. The van der Waals surface area contributed by atoms with Gasteiger partial charge in [-0.15, -0.1) is 11.8 Å². The lowest BCUT2D eigenvalue weighted by Gasteiger charge is -2.10. The second kappa shape index (κ2) is 8.77. The van der Waals surface area contributed by atoms with E-state index in [-0.39, 0.29) is 5.91 Å². The number of nitrogens with zero attached hydrogens (tertiary/aromatic N) is 1. The predicted molar refractivity (Wildman–Crippen MR) is 106 cm³/mol. The molecule has 1 heterocycles. The monoisotopic (exact) mass is 382 g/mol. The number of amides is 1. The highest BCUT2D eigenvalue weighted by molar-refractivity contribution is 7.98. The van der Waals surface area contributed by atoms with E-state index in [1.54, 1.807) is 18.9 Å². The topological polar surface area (TPSA) is 64.4 Å². The van der Waals surface area contributed by atoms with E-state index in [1.807, 2.05) is 62.4 Å². The van der Waals surface area contributed by atoms with Gasteiger partial charge in [0.1, 0.15) is 11.5 Å². The van der Waals surface area contributed by atoms with Gasteiger partial charge in [-0.25, -0.2) is 0 Å². The number of methoxy groups -OCH3 is 1. The number of aromatic nitrogens is 1. The Bertz CT molecular complexity index is 917. The van der Waals surface area contributed by atoms with Crippen molar-refractivity contribution in [3.05, 3.63) is 76.7 Å². The molecule has 5 nitrogen and oxygen atoms in total. The van der Waals surface area contributed by atoms with E-state index in [0.717, 1.165) is 33.2 Å². The van der Waals surface area contributed by atoms with Crippen LogP contribution in [0.5, 0.6) is 5.75 Å². The van der Waals surface area contributed by atoms with Gasteiger partial charge in [0.05, 0.1) is 18.4 Å². The quantitative estimate of drug-likeness (QED) is 0.609. The maximum absolute atomic E-state index is 12.7. The number of hydrogen-bond donors (Lipinski definition) is 1. The number of ether oxygens (including phenoxy) is 1. The molecule has 0 bridgehead atoms. The standard InChI is InChI=1S/C21H22N2O3S/c1-14-19(15(2)26-23-14)13-27-20-10-5-4-9-18(20)21(24)22-12-16-7-6-8-17(11-16)25-3/h4-11H,12-13H2,1-3H3,(H,22,24).